The zero-order valence-corrected chi connectivity index (χ0v) is 14.3. The molecule has 0 atom stereocenters. The number of aromatic nitrogens is 5. The third-order valence-electron chi connectivity index (χ3n) is 3.73. The van der Waals surface area contributed by atoms with Gasteiger partial charge in [-0.3, -0.25) is 9.78 Å². The van der Waals surface area contributed by atoms with Crippen molar-refractivity contribution >= 4 is 22.2 Å². The van der Waals surface area contributed by atoms with E-state index in [1.807, 2.05) is 5.38 Å². The largest absolute Gasteiger partial charge is 0.350 e. The Hall–Kier alpha value is -3.20. The van der Waals surface area contributed by atoms with Gasteiger partial charge < -0.3 is 5.32 Å². The van der Waals surface area contributed by atoms with Crippen LogP contribution in [0.1, 0.15) is 16.2 Å². The number of thiazole rings is 1. The Kier molecular flexibility index (Phi) is 4.36. The van der Waals surface area contributed by atoms with Gasteiger partial charge in [0.15, 0.2) is 5.82 Å². The fraction of sp³-hybridized carbons (Fsp3) is 0.118. The summed E-state index contributed by atoms with van der Waals surface area (Å²) < 4.78 is 15.6. The summed E-state index contributed by atoms with van der Waals surface area (Å²) in [6, 6.07) is 6.40. The van der Waals surface area contributed by atoms with Crippen molar-refractivity contribution in [2.24, 2.45) is 0 Å². The Bertz CT molecular complexity index is 1060. The van der Waals surface area contributed by atoms with Gasteiger partial charge in [-0.25, -0.2) is 13.9 Å². The molecule has 9 heteroatoms. The number of nitrogens with zero attached hydrogens (tertiary/aromatic N) is 5. The molecule has 0 aliphatic rings. The minimum atomic E-state index is -0.358. The maximum absolute atomic E-state index is 13.9. The molecule has 1 amide bonds. The molecule has 7 nitrogen and oxygen atoms in total. The Labute approximate surface area is 151 Å². The van der Waals surface area contributed by atoms with E-state index in [1.54, 1.807) is 22.7 Å². The molecule has 4 aromatic rings. The van der Waals surface area contributed by atoms with Crippen LogP contribution in [-0.4, -0.2) is 37.0 Å². The number of rotatable bonds is 5. The van der Waals surface area contributed by atoms with E-state index >= 15 is 0 Å². The first-order chi connectivity index (χ1) is 12.7. The van der Waals surface area contributed by atoms with Crippen molar-refractivity contribution in [2.45, 2.75) is 6.42 Å². The van der Waals surface area contributed by atoms with Crippen LogP contribution < -0.4 is 5.32 Å². The molecule has 0 aliphatic heterocycles. The summed E-state index contributed by atoms with van der Waals surface area (Å²) in [6.07, 6.45) is 4.95. The van der Waals surface area contributed by atoms with E-state index in [-0.39, 0.29) is 17.4 Å². The van der Waals surface area contributed by atoms with Gasteiger partial charge in [-0.1, -0.05) is 12.1 Å². The highest BCUT2D eigenvalue weighted by Gasteiger charge is 2.14. The van der Waals surface area contributed by atoms with Crippen LogP contribution in [0.4, 0.5) is 4.39 Å². The van der Waals surface area contributed by atoms with Crippen LogP contribution in [-0.2, 0) is 6.42 Å². The molecule has 0 bridgehead atoms. The number of hydrogen-bond acceptors (Lipinski definition) is 6. The molecule has 0 fully saturated rings. The SMILES string of the molecule is O=C(NCCc1csc2nc(-c3ccccc3F)nn12)c1cnccn1. The smallest absolute Gasteiger partial charge is 0.271 e. The van der Waals surface area contributed by atoms with Crippen molar-refractivity contribution in [3.8, 4) is 11.4 Å². The van der Waals surface area contributed by atoms with E-state index < -0.39 is 0 Å². The molecule has 26 heavy (non-hydrogen) atoms. The molecule has 4 rings (SSSR count). The van der Waals surface area contributed by atoms with Crippen LogP contribution in [0.15, 0.2) is 48.2 Å². The van der Waals surface area contributed by atoms with E-state index in [0.29, 0.717) is 29.3 Å². The van der Waals surface area contributed by atoms with Gasteiger partial charge in [0.25, 0.3) is 5.91 Å². The highest BCUT2D eigenvalue weighted by molar-refractivity contribution is 7.15. The molecule has 0 radical (unpaired) electrons. The number of halogens is 1. The topological polar surface area (TPSA) is 85.1 Å². The maximum Gasteiger partial charge on any atom is 0.271 e. The number of fused-ring (bicyclic) bond motifs is 1. The predicted molar refractivity (Wildman–Crippen MR) is 94.3 cm³/mol. The lowest BCUT2D eigenvalue weighted by Gasteiger charge is -2.03. The van der Waals surface area contributed by atoms with E-state index in [1.165, 1.54) is 36.0 Å². The quantitative estimate of drug-likeness (QED) is 0.584. The van der Waals surface area contributed by atoms with Crippen molar-refractivity contribution in [3.63, 3.8) is 0 Å². The van der Waals surface area contributed by atoms with Gasteiger partial charge in [-0.05, 0) is 12.1 Å². The van der Waals surface area contributed by atoms with Crippen molar-refractivity contribution in [1.29, 1.82) is 0 Å². The van der Waals surface area contributed by atoms with Crippen molar-refractivity contribution in [2.75, 3.05) is 6.54 Å². The first kappa shape index (κ1) is 16.3. The van der Waals surface area contributed by atoms with Gasteiger partial charge in [0.05, 0.1) is 17.5 Å². The second kappa shape index (κ2) is 6.96. The summed E-state index contributed by atoms with van der Waals surface area (Å²) in [5, 5.41) is 9.12. The fourth-order valence-corrected chi connectivity index (χ4v) is 3.32. The molecule has 0 unspecified atom stereocenters. The molecule has 0 spiro atoms. The molecule has 0 saturated carbocycles. The zero-order chi connectivity index (χ0) is 17.9. The van der Waals surface area contributed by atoms with E-state index in [9.17, 15) is 9.18 Å². The molecular formula is C17H13FN6OS. The third-order valence-corrected chi connectivity index (χ3v) is 4.59. The average molecular weight is 368 g/mol. The lowest BCUT2D eigenvalue weighted by molar-refractivity contribution is 0.0948. The minimum absolute atomic E-state index is 0.269. The van der Waals surface area contributed by atoms with Crippen molar-refractivity contribution in [1.82, 2.24) is 29.9 Å². The summed E-state index contributed by atoms with van der Waals surface area (Å²) in [7, 11) is 0. The fourth-order valence-electron chi connectivity index (χ4n) is 2.46. The Morgan fingerprint density at radius 3 is 2.96 bits per heavy atom. The normalized spacial score (nSPS) is 11.0. The standard InChI is InChI=1S/C17H13FN6OS/c18-13-4-2-1-3-12(13)15-22-17-24(23-15)11(10-26-17)5-6-21-16(25)14-9-19-7-8-20-14/h1-4,7-10H,5-6H2,(H,21,25). The number of nitrogens with one attached hydrogen (secondary N) is 1. The highest BCUT2D eigenvalue weighted by Crippen LogP contribution is 2.23. The summed E-state index contributed by atoms with van der Waals surface area (Å²) >= 11 is 1.42. The van der Waals surface area contributed by atoms with E-state index in [2.05, 4.69) is 25.4 Å². The molecule has 0 saturated heterocycles. The lowest BCUT2D eigenvalue weighted by Crippen LogP contribution is -2.26. The Morgan fingerprint density at radius 1 is 1.27 bits per heavy atom. The monoisotopic (exact) mass is 368 g/mol. The van der Waals surface area contributed by atoms with Crippen LogP contribution in [0.5, 0.6) is 0 Å². The van der Waals surface area contributed by atoms with Gasteiger partial charge in [0.1, 0.15) is 11.5 Å². The summed E-state index contributed by atoms with van der Waals surface area (Å²) in [5.74, 6) is -0.293. The van der Waals surface area contributed by atoms with Gasteiger partial charge in [-0.15, -0.1) is 16.4 Å². The van der Waals surface area contributed by atoms with Crippen LogP contribution in [0, 0.1) is 5.82 Å². The molecule has 130 valence electrons. The van der Waals surface area contributed by atoms with E-state index in [4.69, 9.17) is 0 Å². The maximum atomic E-state index is 13.9. The molecular weight excluding hydrogens is 355 g/mol. The molecule has 3 aromatic heterocycles. The van der Waals surface area contributed by atoms with Crippen LogP contribution in [0.25, 0.3) is 16.3 Å². The zero-order valence-electron chi connectivity index (χ0n) is 13.5. The average Bonchev–Trinajstić information content (AvgIpc) is 3.24. The molecule has 1 N–H and O–H groups in total. The number of amides is 1. The number of carbonyl (C=O) groups excluding carboxylic acids is 1. The minimum Gasteiger partial charge on any atom is -0.350 e. The first-order valence-corrected chi connectivity index (χ1v) is 8.72. The van der Waals surface area contributed by atoms with Crippen LogP contribution in [0.2, 0.25) is 0 Å². The van der Waals surface area contributed by atoms with Gasteiger partial charge >= 0.3 is 0 Å². The molecule has 0 aliphatic carbocycles. The summed E-state index contributed by atoms with van der Waals surface area (Å²) in [6.45, 7) is 0.413. The molecule has 3 heterocycles. The predicted octanol–water partition coefficient (Wildman–Crippen LogP) is 2.36. The highest BCUT2D eigenvalue weighted by atomic mass is 32.1. The van der Waals surface area contributed by atoms with Gasteiger partial charge in [-0.2, -0.15) is 4.98 Å². The van der Waals surface area contributed by atoms with Crippen LogP contribution >= 0.6 is 11.3 Å². The second-order valence-electron chi connectivity index (χ2n) is 5.43. The van der Waals surface area contributed by atoms with Crippen LogP contribution in [0.3, 0.4) is 0 Å². The number of carbonyl (C=O) groups is 1. The summed E-state index contributed by atoms with van der Waals surface area (Å²) in [4.78, 5) is 24.9. The van der Waals surface area contributed by atoms with E-state index in [0.717, 1.165) is 5.69 Å². The van der Waals surface area contributed by atoms with Crippen molar-refractivity contribution in [3.05, 3.63) is 65.4 Å². The lowest BCUT2D eigenvalue weighted by atomic mass is 10.2. The van der Waals surface area contributed by atoms with Crippen molar-refractivity contribution < 1.29 is 9.18 Å². The third kappa shape index (κ3) is 3.16. The number of hydrogen-bond donors (Lipinski definition) is 1. The van der Waals surface area contributed by atoms with Gasteiger partial charge in [0.2, 0.25) is 4.96 Å². The second-order valence-corrected chi connectivity index (χ2v) is 6.27. The van der Waals surface area contributed by atoms with Gasteiger partial charge in [0, 0.05) is 30.7 Å². The number of benzene rings is 1. The Balaban J connectivity index is 1.48. The Morgan fingerprint density at radius 2 is 2.15 bits per heavy atom. The molecule has 1 aromatic carbocycles. The summed E-state index contributed by atoms with van der Waals surface area (Å²) in [5.41, 5.74) is 1.52. The first-order valence-electron chi connectivity index (χ1n) is 7.84.